The van der Waals surface area contributed by atoms with Gasteiger partial charge in [0.15, 0.2) is 0 Å². The van der Waals surface area contributed by atoms with E-state index < -0.39 is 18.2 Å². The fraction of sp³-hybridized carbons (Fsp3) is 0.545. The van der Waals surface area contributed by atoms with Gasteiger partial charge in [-0.1, -0.05) is 42.5 Å². The Bertz CT molecular complexity index is 706. The molecule has 0 saturated carbocycles. The molecule has 0 aromatic heterocycles. The Balaban J connectivity index is 1.41. The minimum absolute atomic E-state index is 0.105. The number of ether oxygens (including phenoxy) is 2. The first-order valence-electron chi connectivity index (χ1n) is 10.5. The fourth-order valence-electron chi connectivity index (χ4n) is 3.58. The number of carbonyl (C=O) groups is 2. The molecule has 0 spiro atoms. The van der Waals surface area contributed by atoms with Crippen molar-refractivity contribution in [3.8, 4) is 0 Å². The van der Waals surface area contributed by atoms with Gasteiger partial charge in [0.1, 0.15) is 6.10 Å². The summed E-state index contributed by atoms with van der Waals surface area (Å²) in [4.78, 5) is 26.5. The smallest absolute Gasteiger partial charge is 0.234 e. The van der Waals surface area contributed by atoms with Gasteiger partial charge in [-0.25, -0.2) is 0 Å². The summed E-state index contributed by atoms with van der Waals surface area (Å²) in [6, 6.07) is 9.55. The number of aliphatic hydroxyl groups is 1. The molecule has 0 unspecified atom stereocenters. The summed E-state index contributed by atoms with van der Waals surface area (Å²) < 4.78 is 11.1. The Labute approximate surface area is 177 Å². The van der Waals surface area contributed by atoms with E-state index in [9.17, 15) is 14.7 Å². The van der Waals surface area contributed by atoms with Gasteiger partial charge in [-0.3, -0.25) is 14.5 Å². The highest BCUT2D eigenvalue weighted by molar-refractivity contribution is 5.79. The zero-order valence-corrected chi connectivity index (χ0v) is 17.2. The molecule has 164 valence electrons. The van der Waals surface area contributed by atoms with Crippen molar-refractivity contribution in [1.82, 2.24) is 15.5 Å². The Kier molecular flexibility index (Phi) is 8.82. The largest absolute Gasteiger partial charge is 0.394 e. The van der Waals surface area contributed by atoms with Crippen molar-refractivity contribution in [1.29, 1.82) is 0 Å². The summed E-state index contributed by atoms with van der Waals surface area (Å²) in [5.41, 5.74) is 1.17. The summed E-state index contributed by atoms with van der Waals surface area (Å²) in [5, 5.41) is 15.5. The zero-order chi connectivity index (χ0) is 21.2. The summed E-state index contributed by atoms with van der Waals surface area (Å²) in [6.45, 7) is 3.34. The van der Waals surface area contributed by atoms with Gasteiger partial charge in [-0.05, 0) is 12.0 Å². The van der Waals surface area contributed by atoms with E-state index in [1.165, 1.54) is 5.56 Å². The number of nitrogens with zero attached hydrogens (tertiary/aromatic N) is 1. The van der Waals surface area contributed by atoms with E-state index in [0.717, 1.165) is 19.5 Å². The highest BCUT2D eigenvalue weighted by Gasteiger charge is 2.29. The first-order chi connectivity index (χ1) is 14.6. The Morgan fingerprint density at radius 2 is 1.87 bits per heavy atom. The Hall–Kier alpha value is -2.26. The lowest BCUT2D eigenvalue weighted by Gasteiger charge is -2.32. The maximum absolute atomic E-state index is 12.3. The van der Waals surface area contributed by atoms with Crippen LogP contribution in [0.3, 0.4) is 0 Å². The lowest BCUT2D eigenvalue weighted by Crippen LogP contribution is -2.52. The maximum atomic E-state index is 12.3. The molecule has 3 N–H and O–H groups in total. The van der Waals surface area contributed by atoms with Crippen LogP contribution < -0.4 is 10.6 Å². The summed E-state index contributed by atoms with van der Waals surface area (Å²) in [5.74, 6) is -0.224. The number of amides is 2. The topological polar surface area (TPSA) is 100 Å². The van der Waals surface area contributed by atoms with Crippen LogP contribution in [0.5, 0.6) is 0 Å². The molecular weight excluding hydrogens is 386 g/mol. The van der Waals surface area contributed by atoms with Crippen molar-refractivity contribution in [3.05, 3.63) is 48.0 Å². The number of carbonyl (C=O) groups excluding carboxylic acids is 2. The van der Waals surface area contributed by atoms with Crippen molar-refractivity contribution in [2.24, 2.45) is 0 Å². The number of hydrogen-bond acceptors (Lipinski definition) is 6. The summed E-state index contributed by atoms with van der Waals surface area (Å²) >= 11 is 0. The first kappa shape index (κ1) is 22.4. The van der Waals surface area contributed by atoms with E-state index in [0.29, 0.717) is 26.3 Å². The maximum Gasteiger partial charge on any atom is 0.234 e. The van der Waals surface area contributed by atoms with Crippen molar-refractivity contribution < 1.29 is 24.2 Å². The number of rotatable bonds is 9. The third kappa shape index (κ3) is 7.21. The molecule has 3 atom stereocenters. The van der Waals surface area contributed by atoms with E-state index in [4.69, 9.17) is 9.47 Å². The quantitative estimate of drug-likeness (QED) is 0.484. The molecule has 2 heterocycles. The zero-order valence-electron chi connectivity index (χ0n) is 17.2. The molecule has 8 nitrogen and oxygen atoms in total. The Morgan fingerprint density at radius 1 is 1.10 bits per heavy atom. The predicted molar refractivity (Wildman–Crippen MR) is 112 cm³/mol. The SMILES string of the molecule is O=C(C[C@@H]1C=C[C@@H](NC(=O)CN2CCOCC2)[C@@H](CO)O1)NCCc1ccccc1. The molecule has 1 aromatic rings. The van der Waals surface area contributed by atoms with Crippen LogP contribution >= 0.6 is 0 Å². The molecule has 0 aliphatic carbocycles. The van der Waals surface area contributed by atoms with Gasteiger partial charge in [0, 0.05) is 19.6 Å². The molecule has 1 saturated heterocycles. The molecule has 1 fully saturated rings. The second-order valence-electron chi connectivity index (χ2n) is 7.55. The van der Waals surface area contributed by atoms with Crippen molar-refractivity contribution in [2.45, 2.75) is 31.1 Å². The number of aliphatic hydroxyl groups excluding tert-OH is 1. The summed E-state index contributed by atoms with van der Waals surface area (Å²) in [6.07, 6.45) is 3.53. The number of benzene rings is 1. The molecule has 30 heavy (non-hydrogen) atoms. The van der Waals surface area contributed by atoms with Gasteiger partial charge in [0.2, 0.25) is 11.8 Å². The standard InChI is InChI=1S/C22H31N3O5/c26-16-20-19(24-22(28)15-25-10-12-29-13-11-25)7-6-18(30-20)14-21(27)23-9-8-17-4-2-1-3-5-17/h1-7,18-20,26H,8-16H2,(H,23,27)(H,24,28)/t18-,19+,20+/m0/s1. The minimum Gasteiger partial charge on any atom is -0.394 e. The second kappa shape index (κ2) is 11.8. The van der Waals surface area contributed by atoms with Crippen LogP contribution in [0.4, 0.5) is 0 Å². The van der Waals surface area contributed by atoms with E-state index in [2.05, 4.69) is 10.6 Å². The normalized spacial score (nSPS) is 24.4. The predicted octanol–water partition coefficient (Wildman–Crippen LogP) is -0.132. The molecular formula is C22H31N3O5. The van der Waals surface area contributed by atoms with Gasteiger partial charge >= 0.3 is 0 Å². The van der Waals surface area contributed by atoms with E-state index in [1.807, 2.05) is 41.3 Å². The highest BCUT2D eigenvalue weighted by Crippen LogP contribution is 2.16. The van der Waals surface area contributed by atoms with Crippen LogP contribution in [-0.2, 0) is 25.5 Å². The first-order valence-corrected chi connectivity index (χ1v) is 10.5. The van der Waals surface area contributed by atoms with Gasteiger partial charge in [-0.15, -0.1) is 0 Å². The van der Waals surface area contributed by atoms with Crippen LogP contribution in [0.2, 0.25) is 0 Å². The Morgan fingerprint density at radius 3 is 2.60 bits per heavy atom. The highest BCUT2D eigenvalue weighted by atomic mass is 16.5. The van der Waals surface area contributed by atoms with Crippen molar-refractivity contribution in [3.63, 3.8) is 0 Å². The number of nitrogens with one attached hydrogen (secondary N) is 2. The van der Waals surface area contributed by atoms with Crippen LogP contribution in [0.15, 0.2) is 42.5 Å². The van der Waals surface area contributed by atoms with Crippen LogP contribution in [0, 0.1) is 0 Å². The molecule has 3 rings (SSSR count). The van der Waals surface area contributed by atoms with Gasteiger partial charge in [0.25, 0.3) is 0 Å². The second-order valence-corrected chi connectivity index (χ2v) is 7.55. The van der Waals surface area contributed by atoms with Crippen molar-refractivity contribution >= 4 is 11.8 Å². The van der Waals surface area contributed by atoms with Gasteiger partial charge in [-0.2, -0.15) is 0 Å². The van der Waals surface area contributed by atoms with Crippen molar-refractivity contribution in [2.75, 3.05) is 46.0 Å². The minimum atomic E-state index is -0.578. The molecule has 2 aliphatic rings. The molecule has 2 aliphatic heterocycles. The average Bonchev–Trinajstić information content (AvgIpc) is 2.76. The summed E-state index contributed by atoms with van der Waals surface area (Å²) in [7, 11) is 0. The molecule has 0 radical (unpaired) electrons. The van der Waals surface area contributed by atoms with Gasteiger partial charge < -0.3 is 25.2 Å². The van der Waals surface area contributed by atoms with Crippen LogP contribution in [0.1, 0.15) is 12.0 Å². The van der Waals surface area contributed by atoms with E-state index >= 15 is 0 Å². The number of morpholine rings is 1. The molecule has 8 heteroatoms. The third-order valence-corrected chi connectivity index (χ3v) is 5.23. The number of hydrogen-bond donors (Lipinski definition) is 3. The van der Waals surface area contributed by atoms with Crippen LogP contribution in [0.25, 0.3) is 0 Å². The lowest BCUT2D eigenvalue weighted by atomic mass is 10.0. The van der Waals surface area contributed by atoms with Crippen LogP contribution in [-0.4, -0.2) is 86.1 Å². The lowest BCUT2D eigenvalue weighted by molar-refractivity contribution is -0.129. The monoisotopic (exact) mass is 417 g/mol. The van der Waals surface area contributed by atoms with Gasteiger partial charge in [0.05, 0.1) is 44.9 Å². The van der Waals surface area contributed by atoms with E-state index in [-0.39, 0.29) is 24.8 Å². The fourth-order valence-corrected chi connectivity index (χ4v) is 3.58. The molecule has 0 bridgehead atoms. The molecule has 2 amide bonds. The molecule has 1 aromatic carbocycles. The average molecular weight is 418 g/mol. The van der Waals surface area contributed by atoms with E-state index in [1.54, 1.807) is 6.08 Å². The third-order valence-electron chi connectivity index (χ3n) is 5.23.